The first kappa shape index (κ1) is 24.4. The number of methoxy groups -OCH3 is 1. The second kappa shape index (κ2) is 9.64. The number of hydrogen-bond donors (Lipinski definition) is 0. The van der Waals surface area contributed by atoms with E-state index in [2.05, 4.69) is 0 Å². The maximum absolute atomic E-state index is 12.9. The zero-order valence-electron chi connectivity index (χ0n) is 20.1. The minimum atomic E-state index is -0.783. The van der Waals surface area contributed by atoms with Crippen LogP contribution in [0.2, 0.25) is 0 Å². The first-order valence-corrected chi connectivity index (χ1v) is 12.1. The molecular weight excluding hydrogens is 482 g/mol. The molecule has 2 saturated heterocycles. The second-order valence-corrected chi connectivity index (χ2v) is 9.45. The highest BCUT2D eigenvalue weighted by molar-refractivity contribution is 6.22. The van der Waals surface area contributed by atoms with Crippen molar-refractivity contribution in [2.75, 3.05) is 23.5 Å². The third kappa shape index (κ3) is 4.41. The smallest absolute Gasteiger partial charge is 0.316 e. The fourth-order valence-electron chi connectivity index (χ4n) is 5.40. The third-order valence-electron chi connectivity index (χ3n) is 7.26. The molecule has 3 amide bonds. The summed E-state index contributed by atoms with van der Waals surface area (Å²) < 4.78 is 10.8. The first-order valence-electron chi connectivity index (χ1n) is 12.1. The fraction of sp³-hybridized carbons (Fsp3) is 0.385. The number of ether oxygens (including phenoxy) is 2. The van der Waals surface area contributed by atoms with E-state index < -0.39 is 16.8 Å². The normalized spacial score (nSPS) is 23.3. The van der Waals surface area contributed by atoms with E-state index in [1.165, 1.54) is 41.2 Å². The molecule has 1 saturated carbocycles. The second-order valence-electron chi connectivity index (χ2n) is 9.45. The molecule has 192 valence electrons. The summed E-state index contributed by atoms with van der Waals surface area (Å²) in [4.78, 5) is 64.5. The van der Waals surface area contributed by atoms with E-state index in [1.807, 2.05) is 0 Å². The number of hydrogen-bond acceptors (Lipinski definition) is 8. The Morgan fingerprint density at radius 3 is 2.38 bits per heavy atom. The number of esters is 1. The largest absolute Gasteiger partial charge is 0.494 e. The Bertz CT molecular complexity index is 1280. The summed E-state index contributed by atoms with van der Waals surface area (Å²) in [5.74, 6) is -2.48. The van der Waals surface area contributed by atoms with Crippen molar-refractivity contribution < 1.29 is 33.6 Å². The Kier molecular flexibility index (Phi) is 6.36. The lowest BCUT2D eigenvalue weighted by Gasteiger charge is -2.19. The summed E-state index contributed by atoms with van der Waals surface area (Å²) in [6.07, 6.45) is 3.15. The molecule has 0 aromatic heterocycles. The quantitative estimate of drug-likeness (QED) is 0.191. The van der Waals surface area contributed by atoms with Crippen LogP contribution in [0.25, 0.3) is 0 Å². The maximum Gasteiger partial charge on any atom is 0.316 e. The van der Waals surface area contributed by atoms with Gasteiger partial charge in [0.05, 0.1) is 47.2 Å². The zero-order chi connectivity index (χ0) is 26.3. The molecule has 2 heterocycles. The molecule has 11 nitrogen and oxygen atoms in total. The summed E-state index contributed by atoms with van der Waals surface area (Å²) in [7, 11) is 1.34. The topological polar surface area (TPSA) is 136 Å². The van der Waals surface area contributed by atoms with Gasteiger partial charge in [0, 0.05) is 25.1 Å². The number of benzene rings is 2. The van der Waals surface area contributed by atoms with Gasteiger partial charge in [-0.1, -0.05) is 18.9 Å². The predicted octanol–water partition coefficient (Wildman–Crippen LogP) is 3.24. The molecule has 0 N–H and O–H groups in total. The number of amides is 3. The monoisotopic (exact) mass is 507 g/mol. The minimum absolute atomic E-state index is 0.0119. The van der Waals surface area contributed by atoms with Crippen LogP contribution < -0.4 is 19.3 Å². The van der Waals surface area contributed by atoms with E-state index in [1.54, 1.807) is 18.2 Å². The van der Waals surface area contributed by atoms with E-state index in [-0.39, 0.29) is 59.7 Å². The van der Waals surface area contributed by atoms with E-state index in [0.717, 1.165) is 12.8 Å². The van der Waals surface area contributed by atoms with Gasteiger partial charge in [-0.15, -0.1) is 0 Å². The molecule has 0 spiro atoms. The maximum atomic E-state index is 12.9. The number of anilines is 2. The van der Waals surface area contributed by atoms with Gasteiger partial charge in [0.25, 0.3) is 5.69 Å². The number of non-ortho nitro benzene ring substituents is 1. The van der Waals surface area contributed by atoms with Gasteiger partial charge in [-0.05, 0) is 31.0 Å². The highest BCUT2D eigenvalue weighted by Gasteiger charge is 2.48. The molecule has 1 aliphatic carbocycles. The van der Waals surface area contributed by atoms with Crippen molar-refractivity contribution >= 4 is 40.8 Å². The first-order chi connectivity index (χ1) is 17.8. The van der Waals surface area contributed by atoms with Crippen LogP contribution in [0.15, 0.2) is 42.5 Å². The fourth-order valence-corrected chi connectivity index (χ4v) is 5.40. The standard InChI is InChI=1S/C26H25N3O8/c1-36-22-13-17(29(34)35)9-10-21(22)27-14-15(11-23(27)30)26(33)37-18-6-4-5-16(12-18)28-24(31)19-7-2-3-8-20(19)25(28)32/h4-6,9-10,12-13,15,19-20H,2-3,7-8,11,14H2,1H3/t15-,19-,20-/m1/s1. The molecule has 37 heavy (non-hydrogen) atoms. The van der Waals surface area contributed by atoms with Crippen molar-refractivity contribution in [2.45, 2.75) is 32.1 Å². The number of imide groups is 1. The summed E-state index contributed by atoms with van der Waals surface area (Å²) in [5.41, 5.74) is 0.495. The van der Waals surface area contributed by atoms with Gasteiger partial charge in [-0.2, -0.15) is 0 Å². The van der Waals surface area contributed by atoms with Crippen molar-refractivity contribution in [1.82, 2.24) is 0 Å². The van der Waals surface area contributed by atoms with Crippen molar-refractivity contribution in [3.05, 3.63) is 52.6 Å². The van der Waals surface area contributed by atoms with Crippen LogP contribution in [-0.2, 0) is 19.2 Å². The average molecular weight is 507 g/mol. The van der Waals surface area contributed by atoms with Gasteiger partial charge in [-0.25, -0.2) is 4.90 Å². The van der Waals surface area contributed by atoms with Gasteiger partial charge in [0.1, 0.15) is 11.5 Å². The van der Waals surface area contributed by atoms with Crippen LogP contribution in [0, 0.1) is 27.9 Å². The van der Waals surface area contributed by atoms with Crippen LogP contribution in [0.1, 0.15) is 32.1 Å². The zero-order valence-corrected chi connectivity index (χ0v) is 20.1. The summed E-state index contributed by atoms with van der Waals surface area (Å²) in [6, 6.07) is 10.2. The number of carbonyl (C=O) groups excluding carboxylic acids is 4. The summed E-state index contributed by atoms with van der Waals surface area (Å²) in [5, 5.41) is 11.1. The Balaban J connectivity index is 1.30. The van der Waals surface area contributed by atoms with Crippen molar-refractivity contribution in [3.8, 4) is 11.5 Å². The lowest BCUT2D eigenvalue weighted by molar-refractivity contribution is -0.384. The third-order valence-corrected chi connectivity index (χ3v) is 7.26. The van der Waals surface area contributed by atoms with Crippen molar-refractivity contribution in [2.24, 2.45) is 17.8 Å². The van der Waals surface area contributed by atoms with Gasteiger partial charge in [-0.3, -0.25) is 29.3 Å². The molecule has 3 atom stereocenters. The number of rotatable bonds is 6. The molecule has 11 heteroatoms. The highest BCUT2D eigenvalue weighted by Crippen LogP contribution is 2.41. The predicted molar refractivity (Wildman–Crippen MR) is 130 cm³/mol. The molecule has 3 fully saturated rings. The molecular formula is C26H25N3O8. The molecule has 3 aliphatic rings. The Hall–Kier alpha value is -4.28. The minimum Gasteiger partial charge on any atom is -0.494 e. The SMILES string of the molecule is COc1cc([N+](=O)[O-])ccc1N1C[C@H](C(=O)Oc2cccc(N3C(=O)[C@@H]4CCCC[C@H]4C3=O)c2)CC1=O. The van der Waals surface area contributed by atoms with Crippen LogP contribution in [0.3, 0.4) is 0 Å². The lowest BCUT2D eigenvalue weighted by atomic mass is 9.81. The van der Waals surface area contributed by atoms with Crippen molar-refractivity contribution in [3.63, 3.8) is 0 Å². The number of fused-ring (bicyclic) bond motifs is 1. The summed E-state index contributed by atoms with van der Waals surface area (Å²) >= 11 is 0. The van der Waals surface area contributed by atoms with Gasteiger partial charge < -0.3 is 14.4 Å². The number of carbonyl (C=O) groups is 4. The van der Waals surface area contributed by atoms with E-state index >= 15 is 0 Å². The van der Waals surface area contributed by atoms with Crippen LogP contribution in [0.4, 0.5) is 17.1 Å². The van der Waals surface area contributed by atoms with Crippen LogP contribution >= 0.6 is 0 Å². The lowest BCUT2D eigenvalue weighted by Crippen LogP contribution is -2.31. The number of nitrogens with zero attached hydrogens (tertiary/aromatic N) is 3. The molecule has 2 aromatic carbocycles. The Morgan fingerprint density at radius 1 is 1.03 bits per heavy atom. The van der Waals surface area contributed by atoms with Gasteiger partial charge in [0.2, 0.25) is 17.7 Å². The number of nitro benzene ring substituents is 1. The van der Waals surface area contributed by atoms with Gasteiger partial charge >= 0.3 is 5.97 Å². The molecule has 2 aliphatic heterocycles. The van der Waals surface area contributed by atoms with Crippen LogP contribution in [-0.4, -0.2) is 42.3 Å². The Labute approximate surface area is 212 Å². The Morgan fingerprint density at radius 2 is 1.73 bits per heavy atom. The molecule has 5 rings (SSSR count). The van der Waals surface area contributed by atoms with Crippen molar-refractivity contribution in [1.29, 1.82) is 0 Å². The van der Waals surface area contributed by atoms with Crippen LogP contribution in [0.5, 0.6) is 11.5 Å². The summed E-state index contributed by atoms with van der Waals surface area (Å²) in [6.45, 7) is 0.0119. The van der Waals surface area contributed by atoms with Gasteiger partial charge in [0.15, 0.2) is 0 Å². The average Bonchev–Trinajstić information content (AvgIpc) is 3.41. The molecule has 2 aromatic rings. The molecule has 0 bridgehead atoms. The number of nitro groups is 1. The van der Waals surface area contributed by atoms with E-state index in [4.69, 9.17) is 9.47 Å². The van der Waals surface area contributed by atoms with E-state index in [9.17, 15) is 29.3 Å². The highest BCUT2D eigenvalue weighted by atomic mass is 16.6. The molecule has 0 unspecified atom stereocenters. The molecule has 0 radical (unpaired) electrons. The van der Waals surface area contributed by atoms with E-state index in [0.29, 0.717) is 24.2 Å².